The van der Waals surface area contributed by atoms with Crippen LogP contribution in [0.3, 0.4) is 0 Å². The lowest BCUT2D eigenvalue weighted by Gasteiger charge is -2.33. The Morgan fingerprint density at radius 3 is 2.13 bits per heavy atom. The molecule has 0 aliphatic rings. The maximum atomic E-state index is 14.0. The summed E-state index contributed by atoms with van der Waals surface area (Å²) in [4.78, 5) is 28.9. The van der Waals surface area contributed by atoms with Crippen LogP contribution in [-0.2, 0) is 32.6 Å². The zero-order chi connectivity index (χ0) is 27.7. The Morgan fingerprint density at radius 1 is 0.895 bits per heavy atom. The minimum Gasteiger partial charge on any atom is -0.354 e. The number of nitrogens with one attached hydrogen (secondary N) is 1. The Kier molecular flexibility index (Phi) is 10.9. The first-order valence-corrected chi connectivity index (χ1v) is 15.6. The summed E-state index contributed by atoms with van der Waals surface area (Å²) >= 11 is 6.83. The number of benzene rings is 3. The van der Waals surface area contributed by atoms with Crippen LogP contribution in [-0.4, -0.2) is 50.5 Å². The van der Waals surface area contributed by atoms with Crippen LogP contribution < -0.4 is 9.62 Å². The van der Waals surface area contributed by atoms with E-state index < -0.39 is 28.5 Å². The molecule has 0 bridgehead atoms. The van der Waals surface area contributed by atoms with Gasteiger partial charge < -0.3 is 10.2 Å². The second-order valence-electron chi connectivity index (χ2n) is 8.87. The average molecular weight is 665 g/mol. The molecule has 0 unspecified atom stereocenters. The van der Waals surface area contributed by atoms with Gasteiger partial charge in [-0.15, -0.1) is 0 Å². The molecule has 0 heterocycles. The van der Waals surface area contributed by atoms with Gasteiger partial charge in [0, 0.05) is 28.5 Å². The number of hydrogen-bond acceptors (Lipinski definition) is 4. The molecule has 0 spiro atoms. The first-order chi connectivity index (χ1) is 18.1. The average Bonchev–Trinajstić information content (AvgIpc) is 2.89. The van der Waals surface area contributed by atoms with Crippen molar-refractivity contribution in [1.29, 1.82) is 0 Å². The van der Waals surface area contributed by atoms with Gasteiger partial charge in [-0.3, -0.25) is 13.9 Å². The van der Waals surface area contributed by atoms with Gasteiger partial charge in [0.2, 0.25) is 21.8 Å². The fourth-order valence-corrected chi connectivity index (χ4v) is 5.70. The third-order valence-corrected chi connectivity index (χ3v) is 8.21. The molecule has 202 valence electrons. The minimum atomic E-state index is -3.82. The number of anilines is 1. The van der Waals surface area contributed by atoms with Crippen molar-refractivity contribution in [3.8, 4) is 0 Å². The van der Waals surface area contributed by atoms with Gasteiger partial charge in [0.1, 0.15) is 12.6 Å². The van der Waals surface area contributed by atoms with E-state index >= 15 is 0 Å². The van der Waals surface area contributed by atoms with Crippen molar-refractivity contribution in [3.63, 3.8) is 0 Å². The molecule has 3 rings (SSSR count). The van der Waals surface area contributed by atoms with Gasteiger partial charge in [-0.25, -0.2) is 8.42 Å². The van der Waals surface area contributed by atoms with Crippen LogP contribution in [0.2, 0.25) is 0 Å². The van der Waals surface area contributed by atoms with Crippen LogP contribution in [0.15, 0.2) is 87.8 Å². The highest BCUT2D eigenvalue weighted by Gasteiger charge is 2.33. The fraction of sp³-hybridized carbons (Fsp3) is 0.286. The van der Waals surface area contributed by atoms with Gasteiger partial charge in [-0.1, -0.05) is 77.5 Å². The summed E-state index contributed by atoms with van der Waals surface area (Å²) in [5, 5.41) is 2.93. The highest BCUT2D eigenvalue weighted by Crippen LogP contribution is 2.28. The zero-order valence-electron chi connectivity index (χ0n) is 21.3. The predicted octanol–water partition coefficient (Wildman–Crippen LogP) is 5.14. The van der Waals surface area contributed by atoms with Gasteiger partial charge in [0.05, 0.1) is 11.9 Å². The molecule has 0 saturated carbocycles. The summed E-state index contributed by atoms with van der Waals surface area (Å²) < 4.78 is 28.1. The standard InChI is InChI=1S/C28H31Br2N3O4S/c1-3-17-31-28(35)26(18-21-9-5-4-6-10-21)32(19-22-13-15-23(29)16-14-22)27(34)20-33(38(2,36)37)25-12-8-7-11-24(25)30/h4-16,26H,3,17-20H2,1-2H3,(H,31,35)/t26-/m0/s1. The molecule has 0 fully saturated rings. The summed E-state index contributed by atoms with van der Waals surface area (Å²) in [5.41, 5.74) is 2.06. The summed E-state index contributed by atoms with van der Waals surface area (Å²) in [7, 11) is -3.82. The second-order valence-corrected chi connectivity index (χ2v) is 12.5. The Labute approximate surface area is 241 Å². The smallest absolute Gasteiger partial charge is 0.244 e. The lowest BCUT2D eigenvalue weighted by atomic mass is 10.0. The van der Waals surface area contributed by atoms with Gasteiger partial charge in [0.15, 0.2) is 0 Å². The Morgan fingerprint density at radius 2 is 1.53 bits per heavy atom. The molecule has 0 aromatic heterocycles. The Hall–Kier alpha value is -2.69. The first kappa shape index (κ1) is 29.9. The van der Waals surface area contributed by atoms with Gasteiger partial charge in [-0.05, 0) is 57.7 Å². The number of nitrogens with zero attached hydrogens (tertiary/aromatic N) is 2. The molecule has 38 heavy (non-hydrogen) atoms. The molecule has 10 heteroatoms. The molecule has 0 aliphatic heterocycles. The second kappa shape index (κ2) is 13.9. The quantitative estimate of drug-likeness (QED) is 0.291. The van der Waals surface area contributed by atoms with E-state index in [4.69, 9.17) is 0 Å². The van der Waals surface area contributed by atoms with Crippen molar-refractivity contribution in [2.24, 2.45) is 0 Å². The molecular weight excluding hydrogens is 634 g/mol. The van der Waals surface area contributed by atoms with Crippen molar-refractivity contribution in [3.05, 3.63) is 98.9 Å². The predicted molar refractivity (Wildman–Crippen MR) is 158 cm³/mol. The summed E-state index contributed by atoms with van der Waals surface area (Å²) in [6.45, 7) is 2.11. The molecule has 1 atom stereocenters. The molecule has 3 aromatic carbocycles. The largest absolute Gasteiger partial charge is 0.354 e. The maximum absolute atomic E-state index is 14.0. The normalized spacial score (nSPS) is 12.0. The van der Waals surface area contributed by atoms with Crippen LogP contribution in [0.4, 0.5) is 5.69 Å². The zero-order valence-corrected chi connectivity index (χ0v) is 25.3. The molecule has 0 saturated heterocycles. The molecular formula is C28H31Br2N3O4S. The number of carbonyl (C=O) groups excluding carboxylic acids is 2. The van der Waals surface area contributed by atoms with Crippen molar-refractivity contribution in [2.75, 3.05) is 23.7 Å². The molecule has 1 N–H and O–H groups in total. The number of rotatable bonds is 12. The van der Waals surface area contributed by atoms with E-state index in [1.165, 1.54) is 4.90 Å². The molecule has 0 aliphatic carbocycles. The Balaban J connectivity index is 2.04. The number of amides is 2. The number of sulfonamides is 1. The summed E-state index contributed by atoms with van der Waals surface area (Å²) in [6.07, 6.45) is 2.09. The number of halogens is 2. The molecule has 0 radical (unpaired) electrons. The third-order valence-electron chi connectivity index (χ3n) is 5.89. The maximum Gasteiger partial charge on any atom is 0.244 e. The number of hydrogen-bond donors (Lipinski definition) is 1. The van der Waals surface area contributed by atoms with Crippen LogP contribution in [0.1, 0.15) is 24.5 Å². The summed E-state index contributed by atoms with van der Waals surface area (Å²) in [5.74, 6) is -0.769. The number of carbonyl (C=O) groups is 2. The lowest BCUT2D eigenvalue weighted by Crippen LogP contribution is -2.53. The highest BCUT2D eigenvalue weighted by molar-refractivity contribution is 9.10. The van der Waals surface area contributed by atoms with Crippen LogP contribution >= 0.6 is 31.9 Å². The lowest BCUT2D eigenvalue weighted by molar-refractivity contribution is -0.140. The molecule has 3 aromatic rings. The van der Waals surface area contributed by atoms with Crippen LogP contribution in [0.25, 0.3) is 0 Å². The van der Waals surface area contributed by atoms with E-state index in [1.54, 1.807) is 24.3 Å². The minimum absolute atomic E-state index is 0.136. The van der Waals surface area contributed by atoms with Crippen LogP contribution in [0, 0.1) is 0 Å². The van der Waals surface area contributed by atoms with E-state index in [9.17, 15) is 18.0 Å². The van der Waals surface area contributed by atoms with Crippen molar-refractivity contribution in [1.82, 2.24) is 10.2 Å². The topological polar surface area (TPSA) is 86.8 Å². The number of para-hydroxylation sites is 1. The molecule has 2 amide bonds. The van der Waals surface area contributed by atoms with Gasteiger partial charge in [0.25, 0.3) is 0 Å². The SMILES string of the molecule is CCCNC(=O)[C@H](Cc1ccccc1)N(Cc1ccc(Br)cc1)C(=O)CN(c1ccccc1Br)S(C)(=O)=O. The van der Waals surface area contributed by atoms with E-state index in [1.807, 2.05) is 61.5 Å². The van der Waals surface area contributed by atoms with Crippen molar-refractivity contribution >= 4 is 59.4 Å². The van der Waals surface area contributed by atoms with E-state index in [2.05, 4.69) is 37.2 Å². The fourth-order valence-electron chi connectivity index (χ4n) is 3.96. The van der Waals surface area contributed by atoms with Gasteiger partial charge in [-0.2, -0.15) is 0 Å². The van der Waals surface area contributed by atoms with E-state index in [-0.39, 0.29) is 18.9 Å². The van der Waals surface area contributed by atoms with Crippen LogP contribution in [0.5, 0.6) is 0 Å². The van der Waals surface area contributed by atoms with E-state index in [0.717, 1.165) is 32.6 Å². The first-order valence-electron chi connectivity index (χ1n) is 12.2. The van der Waals surface area contributed by atoms with Gasteiger partial charge >= 0.3 is 0 Å². The Bertz CT molecular complexity index is 1340. The van der Waals surface area contributed by atoms with Crippen molar-refractivity contribution < 1.29 is 18.0 Å². The van der Waals surface area contributed by atoms with Crippen molar-refractivity contribution in [2.45, 2.75) is 32.4 Å². The molecule has 7 nitrogen and oxygen atoms in total. The highest BCUT2D eigenvalue weighted by atomic mass is 79.9. The van der Waals surface area contributed by atoms with E-state index in [0.29, 0.717) is 16.7 Å². The monoisotopic (exact) mass is 663 g/mol. The summed E-state index contributed by atoms with van der Waals surface area (Å²) in [6, 6.07) is 22.9. The third kappa shape index (κ3) is 8.41.